The third-order valence-electron chi connectivity index (χ3n) is 6.15. The van der Waals surface area contributed by atoms with Gasteiger partial charge in [0.15, 0.2) is 11.5 Å². The number of likely N-dealkylation sites (tertiary alicyclic amines) is 1. The van der Waals surface area contributed by atoms with Crippen LogP contribution in [-0.4, -0.2) is 42.4 Å². The summed E-state index contributed by atoms with van der Waals surface area (Å²) in [5.41, 5.74) is 4.48. The third-order valence-corrected chi connectivity index (χ3v) is 6.15. The van der Waals surface area contributed by atoms with Crippen LogP contribution in [0.2, 0.25) is 0 Å². The molecule has 4 heterocycles. The van der Waals surface area contributed by atoms with Crippen LogP contribution in [0.1, 0.15) is 55.6 Å². The van der Waals surface area contributed by atoms with Gasteiger partial charge in [-0.1, -0.05) is 30.3 Å². The van der Waals surface area contributed by atoms with Gasteiger partial charge < -0.3 is 5.32 Å². The van der Waals surface area contributed by atoms with Crippen molar-refractivity contribution >= 4 is 11.3 Å². The molecule has 7 nitrogen and oxygen atoms in total. The summed E-state index contributed by atoms with van der Waals surface area (Å²) in [5.74, 6) is 1.32. The minimum Gasteiger partial charge on any atom is -0.380 e. The van der Waals surface area contributed by atoms with Crippen molar-refractivity contribution in [2.75, 3.05) is 18.4 Å². The normalized spacial score (nSPS) is 17.3. The van der Waals surface area contributed by atoms with E-state index in [2.05, 4.69) is 65.7 Å². The summed E-state index contributed by atoms with van der Waals surface area (Å²) in [4.78, 5) is 7.35. The predicted molar refractivity (Wildman–Crippen MR) is 127 cm³/mol. The molecule has 7 heteroatoms. The summed E-state index contributed by atoms with van der Waals surface area (Å²) in [5, 5.41) is 12.8. The van der Waals surface area contributed by atoms with Gasteiger partial charge in [-0.25, -0.2) is 9.50 Å². The first kappa shape index (κ1) is 20.7. The van der Waals surface area contributed by atoms with Crippen LogP contribution in [0.3, 0.4) is 0 Å². The number of nitrogens with one attached hydrogen (secondary N) is 1. The molecule has 1 N–H and O–H groups in total. The lowest BCUT2D eigenvalue weighted by Gasteiger charge is -2.30. The quantitative estimate of drug-likeness (QED) is 0.469. The first-order valence-corrected chi connectivity index (χ1v) is 11.5. The maximum absolute atomic E-state index is 4.85. The third kappa shape index (κ3) is 4.67. The smallest absolute Gasteiger partial charge is 0.156 e. The van der Waals surface area contributed by atoms with Crippen LogP contribution in [0, 0.1) is 0 Å². The Morgan fingerprint density at radius 3 is 2.75 bits per heavy atom. The van der Waals surface area contributed by atoms with Crippen molar-refractivity contribution in [2.45, 2.75) is 51.7 Å². The van der Waals surface area contributed by atoms with E-state index in [0.29, 0.717) is 12.0 Å². The van der Waals surface area contributed by atoms with Crippen molar-refractivity contribution < 1.29 is 0 Å². The average Bonchev–Trinajstić information content (AvgIpc) is 3.45. The number of hydrogen-bond acceptors (Lipinski definition) is 5. The Kier molecular flexibility index (Phi) is 5.90. The van der Waals surface area contributed by atoms with E-state index >= 15 is 0 Å². The van der Waals surface area contributed by atoms with Crippen LogP contribution in [0.5, 0.6) is 0 Å². The number of pyridine rings is 1. The second-order valence-corrected chi connectivity index (χ2v) is 9.03. The SMILES string of the molecule is CC(C)n1cc(CN2CCC[C@@H](c3nc4ccc(NCc5ccccc5)cn4n3)C2)cn1. The van der Waals surface area contributed by atoms with Gasteiger partial charge in [-0.05, 0) is 50.9 Å². The topological polar surface area (TPSA) is 63.3 Å². The van der Waals surface area contributed by atoms with E-state index in [0.717, 1.165) is 49.8 Å². The van der Waals surface area contributed by atoms with Gasteiger partial charge >= 0.3 is 0 Å². The van der Waals surface area contributed by atoms with Crippen molar-refractivity contribution in [1.29, 1.82) is 0 Å². The van der Waals surface area contributed by atoms with Gasteiger partial charge in [0, 0.05) is 43.4 Å². The molecule has 0 unspecified atom stereocenters. The molecule has 1 atom stereocenters. The summed E-state index contributed by atoms with van der Waals surface area (Å²) in [7, 11) is 0. The average molecular weight is 430 g/mol. The molecule has 0 bridgehead atoms. The number of aromatic nitrogens is 5. The highest BCUT2D eigenvalue weighted by atomic mass is 15.3. The molecular formula is C25H31N7. The maximum atomic E-state index is 4.85. The summed E-state index contributed by atoms with van der Waals surface area (Å²) >= 11 is 0. The number of nitrogens with zero attached hydrogens (tertiary/aromatic N) is 6. The van der Waals surface area contributed by atoms with Crippen molar-refractivity contribution in [3.63, 3.8) is 0 Å². The maximum Gasteiger partial charge on any atom is 0.156 e. The zero-order valence-corrected chi connectivity index (χ0v) is 18.9. The first-order valence-electron chi connectivity index (χ1n) is 11.5. The van der Waals surface area contributed by atoms with Gasteiger partial charge in [-0.15, -0.1) is 0 Å². The van der Waals surface area contributed by atoms with E-state index in [9.17, 15) is 0 Å². The zero-order valence-electron chi connectivity index (χ0n) is 18.9. The van der Waals surface area contributed by atoms with Crippen LogP contribution in [-0.2, 0) is 13.1 Å². The molecule has 0 amide bonds. The van der Waals surface area contributed by atoms with Crippen molar-refractivity contribution in [1.82, 2.24) is 29.3 Å². The van der Waals surface area contributed by atoms with E-state index in [1.54, 1.807) is 0 Å². The van der Waals surface area contributed by atoms with Crippen LogP contribution in [0.15, 0.2) is 61.1 Å². The minimum absolute atomic E-state index is 0.365. The van der Waals surface area contributed by atoms with E-state index in [1.165, 1.54) is 17.5 Å². The fourth-order valence-corrected chi connectivity index (χ4v) is 4.39. The van der Waals surface area contributed by atoms with Crippen LogP contribution in [0.4, 0.5) is 5.69 Å². The van der Waals surface area contributed by atoms with Crippen molar-refractivity contribution in [3.05, 3.63) is 78.0 Å². The molecule has 0 saturated carbocycles. The molecule has 0 aliphatic carbocycles. The summed E-state index contributed by atoms with van der Waals surface area (Å²) in [6.45, 7) is 8.15. The zero-order chi connectivity index (χ0) is 21.9. The Labute approximate surface area is 189 Å². The molecule has 4 aromatic rings. The Hall–Kier alpha value is -3.19. The number of benzene rings is 1. The van der Waals surface area contributed by atoms with Crippen molar-refractivity contribution in [3.8, 4) is 0 Å². The highest BCUT2D eigenvalue weighted by Crippen LogP contribution is 2.26. The summed E-state index contributed by atoms with van der Waals surface area (Å²) in [6, 6.07) is 14.9. The number of fused-ring (bicyclic) bond motifs is 1. The lowest BCUT2D eigenvalue weighted by Crippen LogP contribution is -2.34. The Balaban J connectivity index is 1.25. The molecule has 0 radical (unpaired) electrons. The van der Waals surface area contributed by atoms with Gasteiger partial charge in [0.1, 0.15) is 0 Å². The molecular weight excluding hydrogens is 398 g/mol. The Morgan fingerprint density at radius 1 is 1.06 bits per heavy atom. The molecule has 1 aliphatic rings. The number of hydrogen-bond donors (Lipinski definition) is 1. The Morgan fingerprint density at radius 2 is 1.94 bits per heavy atom. The van der Waals surface area contributed by atoms with E-state index in [4.69, 9.17) is 10.1 Å². The van der Waals surface area contributed by atoms with Crippen LogP contribution in [0.25, 0.3) is 5.65 Å². The second kappa shape index (κ2) is 9.12. The van der Waals surface area contributed by atoms with Gasteiger partial charge in [-0.3, -0.25) is 9.58 Å². The lowest BCUT2D eigenvalue weighted by molar-refractivity contribution is 0.196. The van der Waals surface area contributed by atoms with Gasteiger partial charge in [0.05, 0.1) is 18.1 Å². The number of piperidine rings is 1. The standard InChI is InChI=1S/C25H31N7/c1-19(2)31-16-21(14-27-31)15-30-12-6-9-22(17-30)25-28-24-11-10-23(18-32(24)29-25)26-13-20-7-4-3-5-8-20/h3-5,7-8,10-11,14,16,18-19,22,26H,6,9,12-13,15,17H2,1-2H3/t22-/m1/s1. The molecule has 5 rings (SSSR count). The molecule has 1 fully saturated rings. The number of rotatable bonds is 7. The fourth-order valence-electron chi connectivity index (χ4n) is 4.39. The molecule has 1 aliphatic heterocycles. The van der Waals surface area contributed by atoms with E-state index in [1.807, 2.05) is 33.7 Å². The van der Waals surface area contributed by atoms with Gasteiger partial charge in [0.2, 0.25) is 0 Å². The van der Waals surface area contributed by atoms with Crippen LogP contribution >= 0.6 is 0 Å². The monoisotopic (exact) mass is 429 g/mol. The van der Waals surface area contributed by atoms with Crippen LogP contribution < -0.4 is 5.32 Å². The van der Waals surface area contributed by atoms with Gasteiger partial charge in [-0.2, -0.15) is 10.2 Å². The van der Waals surface area contributed by atoms with E-state index < -0.39 is 0 Å². The van der Waals surface area contributed by atoms with Crippen molar-refractivity contribution in [2.24, 2.45) is 0 Å². The molecule has 166 valence electrons. The molecule has 32 heavy (non-hydrogen) atoms. The highest BCUT2D eigenvalue weighted by Gasteiger charge is 2.25. The Bertz CT molecular complexity index is 1160. The highest BCUT2D eigenvalue weighted by molar-refractivity contribution is 5.49. The largest absolute Gasteiger partial charge is 0.380 e. The van der Waals surface area contributed by atoms with Gasteiger partial charge in [0.25, 0.3) is 0 Å². The second-order valence-electron chi connectivity index (χ2n) is 9.03. The summed E-state index contributed by atoms with van der Waals surface area (Å²) in [6.07, 6.45) is 8.51. The number of anilines is 1. The molecule has 1 saturated heterocycles. The first-order chi connectivity index (χ1) is 15.6. The predicted octanol–water partition coefficient (Wildman–Crippen LogP) is 4.50. The lowest BCUT2D eigenvalue weighted by atomic mass is 9.97. The molecule has 3 aromatic heterocycles. The van der Waals surface area contributed by atoms with E-state index in [-0.39, 0.29) is 0 Å². The molecule has 1 aromatic carbocycles. The molecule has 0 spiro atoms. The minimum atomic E-state index is 0.365. The summed E-state index contributed by atoms with van der Waals surface area (Å²) < 4.78 is 3.94. The fraction of sp³-hybridized carbons (Fsp3) is 0.400.